The topological polar surface area (TPSA) is 63.5 Å². The van der Waals surface area contributed by atoms with Gasteiger partial charge < -0.3 is 15.4 Å². The molecule has 1 aromatic heterocycles. The van der Waals surface area contributed by atoms with Crippen LogP contribution in [-0.2, 0) is 18.3 Å². The number of aryl methyl sites for hydroxylation is 1. The van der Waals surface area contributed by atoms with Gasteiger partial charge >= 0.3 is 0 Å². The summed E-state index contributed by atoms with van der Waals surface area (Å²) in [4.78, 5) is 4.16. The zero-order valence-corrected chi connectivity index (χ0v) is 14.2. The third kappa shape index (κ3) is 7.36. The zero-order valence-electron chi connectivity index (χ0n) is 11.8. The molecule has 0 amide bonds. The summed E-state index contributed by atoms with van der Waals surface area (Å²) in [5, 5.41) is 10.6. The Kier molecular flexibility index (Phi) is 10.6. The van der Waals surface area contributed by atoms with Crippen molar-refractivity contribution in [2.24, 2.45) is 12.0 Å². The van der Waals surface area contributed by atoms with Crippen molar-refractivity contribution in [1.82, 2.24) is 20.4 Å². The van der Waals surface area contributed by atoms with Crippen LogP contribution in [0.25, 0.3) is 0 Å². The van der Waals surface area contributed by atoms with E-state index in [-0.39, 0.29) is 24.0 Å². The predicted molar refractivity (Wildman–Crippen MR) is 87.9 cm³/mol. The number of rotatable bonds is 7. The first-order valence-electron chi connectivity index (χ1n) is 6.27. The molecule has 1 rings (SSSR count). The molecule has 6 nitrogen and oxygen atoms in total. The van der Waals surface area contributed by atoms with Crippen LogP contribution in [0.5, 0.6) is 0 Å². The minimum Gasteiger partial charge on any atom is -0.382 e. The lowest BCUT2D eigenvalue weighted by atomic mass is 10.4. The summed E-state index contributed by atoms with van der Waals surface area (Å²) in [7, 11) is 3.69. The first-order valence-corrected chi connectivity index (χ1v) is 6.27. The maximum Gasteiger partial charge on any atom is 0.191 e. The molecule has 1 heterocycles. The quantitative estimate of drug-likeness (QED) is 0.322. The maximum atomic E-state index is 5.27. The van der Waals surface area contributed by atoms with E-state index in [9.17, 15) is 0 Å². The average Bonchev–Trinajstić information content (AvgIpc) is 2.78. The van der Waals surface area contributed by atoms with Gasteiger partial charge in [-0.3, -0.25) is 9.67 Å². The van der Waals surface area contributed by atoms with E-state index in [0.717, 1.165) is 37.8 Å². The molecule has 0 spiro atoms. The number of nitrogens with zero attached hydrogens (tertiary/aromatic N) is 3. The molecule has 110 valence electrons. The Labute approximate surface area is 132 Å². The minimum atomic E-state index is 0. The van der Waals surface area contributed by atoms with Gasteiger partial charge in [-0.05, 0) is 19.4 Å². The molecular formula is C12H24IN5O. The number of hydrogen-bond donors (Lipinski definition) is 2. The summed E-state index contributed by atoms with van der Waals surface area (Å²) in [5.74, 6) is 0.799. The van der Waals surface area contributed by atoms with E-state index in [1.165, 1.54) is 0 Å². The second-order valence-electron chi connectivity index (χ2n) is 3.85. The average molecular weight is 381 g/mol. The summed E-state index contributed by atoms with van der Waals surface area (Å²) in [5.41, 5.74) is 1.12. The van der Waals surface area contributed by atoms with Crippen LogP contribution in [0.4, 0.5) is 0 Å². The molecule has 0 aromatic carbocycles. The highest BCUT2D eigenvalue weighted by molar-refractivity contribution is 14.0. The van der Waals surface area contributed by atoms with Gasteiger partial charge in [-0.1, -0.05) is 0 Å². The second-order valence-corrected chi connectivity index (χ2v) is 3.85. The highest BCUT2D eigenvalue weighted by Gasteiger charge is 2.00. The third-order valence-corrected chi connectivity index (χ3v) is 2.55. The molecule has 0 saturated heterocycles. The molecule has 0 fully saturated rings. The van der Waals surface area contributed by atoms with Crippen LogP contribution >= 0.6 is 24.0 Å². The summed E-state index contributed by atoms with van der Waals surface area (Å²) in [6, 6.07) is 1.98. The molecule has 0 saturated carbocycles. The SMILES string of the molecule is CCOCCCNC(=NC)NCc1ccnn1C.I. The number of halogens is 1. The van der Waals surface area contributed by atoms with Crippen LogP contribution in [-0.4, -0.2) is 42.5 Å². The molecule has 0 radical (unpaired) electrons. The van der Waals surface area contributed by atoms with Crippen molar-refractivity contribution in [3.05, 3.63) is 18.0 Å². The van der Waals surface area contributed by atoms with Crippen LogP contribution < -0.4 is 10.6 Å². The van der Waals surface area contributed by atoms with Crippen LogP contribution in [0, 0.1) is 0 Å². The Hall–Kier alpha value is -0.830. The second kappa shape index (κ2) is 11.0. The van der Waals surface area contributed by atoms with Crippen molar-refractivity contribution in [3.63, 3.8) is 0 Å². The van der Waals surface area contributed by atoms with E-state index < -0.39 is 0 Å². The van der Waals surface area contributed by atoms with Crippen molar-refractivity contribution in [3.8, 4) is 0 Å². The lowest BCUT2D eigenvalue weighted by Gasteiger charge is -2.11. The van der Waals surface area contributed by atoms with Gasteiger partial charge in [-0.2, -0.15) is 5.10 Å². The monoisotopic (exact) mass is 381 g/mol. The van der Waals surface area contributed by atoms with E-state index >= 15 is 0 Å². The highest BCUT2D eigenvalue weighted by Crippen LogP contribution is 1.94. The van der Waals surface area contributed by atoms with E-state index in [4.69, 9.17) is 4.74 Å². The summed E-state index contributed by atoms with van der Waals surface area (Å²) in [6.07, 6.45) is 2.76. The van der Waals surface area contributed by atoms with Gasteiger partial charge in [0.25, 0.3) is 0 Å². The zero-order chi connectivity index (χ0) is 13.2. The Morgan fingerprint density at radius 3 is 2.84 bits per heavy atom. The molecule has 0 atom stereocenters. The molecule has 0 bridgehead atoms. The Bertz CT molecular complexity index is 367. The summed E-state index contributed by atoms with van der Waals surface area (Å²) in [6.45, 7) is 5.12. The first-order chi connectivity index (χ1) is 8.77. The number of hydrogen-bond acceptors (Lipinski definition) is 3. The fraction of sp³-hybridized carbons (Fsp3) is 0.667. The molecule has 0 unspecified atom stereocenters. The van der Waals surface area contributed by atoms with E-state index in [1.807, 2.05) is 24.7 Å². The molecule has 7 heteroatoms. The number of aromatic nitrogens is 2. The Morgan fingerprint density at radius 2 is 2.26 bits per heavy atom. The molecule has 0 aliphatic heterocycles. The molecule has 0 aliphatic carbocycles. The number of aliphatic imine (C=N–C) groups is 1. The molecule has 2 N–H and O–H groups in total. The lowest BCUT2D eigenvalue weighted by molar-refractivity contribution is 0.145. The van der Waals surface area contributed by atoms with Crippen molar-refractivity contribution in [2.75, 3.05) is 26.8 Å². The number of nitrogens with one attached hydrogen (secondary N) is 2. The fourth-order valence-corrected chi connectivity index (χ4v) is 1.49. The summed E-state index contributed by atoms with van der Waals surface area (Å²) < 4.78 is 7.11. The number of ether oxygens (including phenoxy) is 1. The molecule has 1 aromatic rings. The first kappa shape index (κ1) is 18.2. The standard InChI is InChI=1S/C12H23N5O.HI/c1-4-18-9-5-7-14-12(13-2)15-10-11-6-8-16-17(11)3;/h6,8H,4-5,7,9-10H2,1-3H3,(H2,13,14,15);1H. The smallest absolute Gasteiger partial charge is 0.191 e. The van der Waals surface area contributed by atoms with Gasteiger partial charge in [0.2, 0.25) is 0 Å². The largest absolute Gasteiger partial charge is 0.382 e. The Balaban J connectivity index is 0.00000324. The summed E-state index contributed by atoms with van der Waals surface area (Å²) >= 11 is 0. The number of guanidine groups is 1. The molecule has 19 heavy (non-hydrogen) atoms. The van der Waals surface area contributed by atoms with Crippen molar-refractivity contribution in [2.45, 2.75) is 19.9 Å². The van der Waals surface area contributed by atoms with Crippen molar-refractivity contribution >= 4 is 29.9 Å². The Morgan fingerprint density at radius 1 is 1.47 bits per heavy atom. The highest BCUT2D eigenvalue weighted by atomic mass is 127. The van der Waals surface area contributed by atoms with Gasteiger partial charge in [0.05, 0.1) is 12.2 Å². The maximum absolute atomic E-state index is 5.27. The van der Waals surface area contributed by atoms with E-state index in [0.29, 0.717) is 6.54 Å². The molecule has 0 aliphatic rings. The van der Waals surface area contributed by atoms with E-state index in [2.05, 4.69) is 20.7 Å². The van der Waals surface area contributed by atoms with Gasteiger partial charge in [-0.25, -0.2) is 0 Å². The van der Waals surface area contributed by atoms with Gasteiger partial charge in [0.1, 0.15) is 0 Å². The fourth-order valence-electron chi connectivity index (χ4n) is 1.49. The minimum absolute atomic E-state index is 0. The lowest BCUT2D eigenvalue weighted by Crippen LogP contribution is -2.37. The molecular weight excluding hydrogens is 357 g/mol. The van der Waals surface area contributed by atoms with Crippen molar-refractivity contribution in [1.29, 1.82) is 0 Å². The van der Waals surface area contributed by atoms with Gasteiger partial charge in [-0.15, -0.1) is 24.0 Å². The van der Waals surface area contributed by atoms with Crippen LogP contribution in [0.1, 0.15) is 19.0 Å². The van der Waals surface area contributed by atoms with Crippen LogP contribution in [0.3, 0.4) is 0 Å². The van der Waals surface area contributed by atoms with Crippen LogP contribution in [0.2, 0.25) is 0 Å². The van der Waals surface area contributed by atoms with Gasteiger partial charge in [0, 0.05) is 40.1 Å². The van der Waals surface area contributed by atoms with E-state index in [1.54, 1.807) is 13.2 Å². The predicted octanol–water partition coefficient (Wildman–Crippen LogP) is 1.13. The van der Waals surface area contributed by atoms with Crippen LogP contribution in [0.15, 0.2) is 17.3 Å². The third-order valence-electron chi connectivity index (χ3n) is 2.55. The van der Waals surface area contributed by atoms with Crippen molar-refractivity contribution < 1.29 is 4.74 Å². The van der Waals surface area contributed by atoms with Gasteiger partial charge in [0.15, 0.2) is 5.96 Å². The normalized spacial score (nSPS) is 11.0.